The van der Waals surface area contributed by atoms with Crippen molar-refractivity contribution in [2.75, 3.05) is 32.6 Å². The Morgan fingerprint density at radius 2 is 1.81 bits per heavy atom. The van der Waals surface area contributed by atoms with Gasteiger partial charge in [-0.3, -0.25) is 19.4 Å². The molecule has 3 aromatic rings. The number of anilines is 1. The predicted octanol–water partition coefficient (Wildman–Crippen LogP) is 3.43. The monoisotopic (exact) mass is 447 g/mol. The lowest BCUT2D eigenvalue weighted by molar-refractivity contribution is -0.144. The summed E-state index contributed by atoms with van der Waals surface area (Å²) in [7, 11) is 5.62. The molecule has 0 atom stereocenters. The summed E-state index contributed by atoms with van der Waals surface area (Å²) in [5, 5.41) is 10.1. The van der Waals surface area contributed by atoms with E-state index in [0.717, 1.165) is 26.9 Å². The van der Waals surface area contributed by atoms with Crippen molar-refractivity contribution in [3.8, 4) is 11.8 Å². The molecule has 2 aromatic carbocycles. The summed E-state index contributed by atoms with van der Waals surface area (Å²) in [5.41, 5.74) is 2.74. The molecule has 0 spiro atoms. The first-order chi connectivity index (χ1) is 15.3. The average molecular weight is 448 g/mol. The third-order valence-electron chi connectivity index (χ3n) is 5.72. The van der Waals surface area contributed by atoms with Crippen molar-refractivity contribution < 1.29 is 14.7 Å². The molecule has 0 bridgehead atoms. The second-order valence-electron chi connectivity index (χ2n) is 8.56. The van der Waals surface area contributed by atoms with Crippen LogP contribution in [0.1, 0.15) is 23.1 Å². The largest absolute Gasteiger partial charge is 0.481 e. The van der Waals surface area contributed by atoms with Crippen molar-refractivity contribution in [3.63, 3.8) is 0 Å². The number of hydrogen-bond acceptors (Lipinski definition) is 5. The van der Waals surface area contributed by atoms with E-state index < -0.39 is 11.4 Å². The second kappa shape index (κ2) is 8.73. The van der Waals surface area contributed by atoms with Crippen molar-refractivity contribution in [1.29, 1.82) is 0 Å². The molecule has 0 saturated heterocycles. The predicted molar refractivity (Wildman–Crippen MR) is 127 cm³/mol. The molecule has 1 aromatic heterocycles. The number of thiazole rings is 1. The number of carboxylic acid groups (broad SMARTS) is 1. The second-order valence-corrected chi connectivity index (χ2v) is 9.56. The molecule has 1 aliphatic carbocycles. The van der Waals surface area contributed by atoms with E-state index >= 15 is 0 Å². The van der Waals surface area contributed by atoms with Gasteiger partial charge < -0.3 is 5.11 Å². The Morgan fingerprint density at radius 1 is 1.12 bits per heavy atom. The molecule has 0 unspecified atom stereocenters. The van der Waals surface area contributed by atoms with E-state index in [1.807, 2.05) is 61.5 Å². The van der Waals surface area contributed by atoms with Gasteiger partial charge in [-0.2, -0.15) is 0 Å². The first-order valence-electron chi connectivity index (χ1n) is 10.4. The van der Waals surface area contributed by atoms with E-state index in [1.165, 1.54) is 16.2 Å². The molecule has 0 aliphatic heterocycles. The van der Waals surface area contributed by atoms with E-state index in [2.05, 4.69) is 16.8 Å². The number of rotatable bonds is 5. The van der Waals surface area contributed by atoms with Gasteiger partial charge in [-0.15, -0.1) is 0 Å². The number of nitrogens with zero attached hydrogens (tertiary/aromatic N) is 3. The molecule has 0 fully saturated rings. The number of aliphatic carboxylic acids is 1. The molecule has 0 saturated carbocycles. The van der Waals surface area contributed by atoms with E-state index in [0.29, 0.717) is 24.5 Å². The highest BCUT2D eigenvalue weighted by Crippen LogP contribution is 2.42. The van der Waals surface area contributed by atoms with Crippen LogP contribution in [0.25, 0.3) is 10.2 Å². The zero-order valence-electron chi connectivity index (χ0n) is 18.4. The maximum Gasteiger partial charge on any atom is 0.304 e. The summed E-state index contributed by atoms with van der Waals surface area (Å²) in [4.78, 5) is 33.5. The number of carbonyl (C=O) groups excluding carboxylic acids is 1. The molecule has 164 valence electrons. The lowest BCUT2D eigenvalue weighted by Gasteiger charge is -2.30. The van der Waals surface area contributed by atoms with Crippen LogP contribution in [0.5, 0.6) is 0 Å². The van der Waals surface area contributed by atoms with Crippen LogP contribution in [0, 0.1) is 17.3 Å². The van der Waals surface area contributed by atoms with Crippen LogP contribution in [-0.2, 0) is 22.4 Å². The number of carboxylic acids is 1. The molecule has 32 heavy (non-hydrogen) atoms. The highest BCUT2D eigenvalue weighted by atomic mass is 32.1. The molecule has 4 rings (SSSR count). The fourth-order valence-corrected chi connectivity index (χ4v) is 5.12. The van der Waals surface area contributed by atoms with Crippen LogP contribution < -0.4 is 4.90 Å². The van der Waals surface area contributed by atoms with Crippen molar-refractivity contribution >= 4 is 38.6 Å². The molecular formula is C25H25N3O3S. The summed E-state index contributed by atoms with van der Waals surface area (Å²) in [5.74, 6) is 5.08. The SMILES string of the molecule is CN(C)CC#Cc1ccc2sc(N(C)C(=O)C3(CC(=O)O)Cc4ccccc4C3)nc2c1. The first-order valence-corrected chi connectivity index (χ1v) is 11.2. The van der Waals surface area contributed by atoms with Gasteiger partial charge in [-0.1, -0.05) is 47.4 Å². The minimum absolute atomic E-state index is 0.207. The van der Waals surface area contributed by atoms with Crippen LogP contribution in [0.4, 0.5) is 5.13 Å². The highest BCUT2D eigenvalue weighted by molar-refractivity contribution is 7.22. The lowest BCUT2D eigenvalue weighted by Crippen LogP contribution is -2.44. The summed E-state index contributed by atoms with van der Waals surface area (Å²) >= 11 is 1.42. The normalized spacial score (nSPS) is 14.1. The standard InChI is InChI=1S/C25H25N3O3S/c1-27(2)12-6-7-17-10-11-21-20(13-17)26-24(32-21)28(3)23(31)25(16-22(29)30)14-18-8-4-5-9-19(18)15-25/h4-5,8-11,13H,12,14-16H2,1-3H3,(H,29,30). The summed E-state index contributed by atoms with van der Waals surface area (Å²) in [6.07, 6.45) is 0.645. The third kappa shape index (κ3) is 4.38. The fraction of sp³-hybridized carbons (Fsp3) is 0.320. The van der Waals surface area contributed by atoms with Crippen LogP contribution >= 0.6 is 11.3 Å². The number of benzene rings is 2. The zero-order valence-corrected chi connectivity index (χ0v) is 19.2. The van der Waals surface area contributed by atoms with Gasteiger partial charge in [0.2, 0.25) is 5.91 Å². The van der Waals surface area contributed by atoms with Gasteiger partial charge in [0.05, 0.1) is 28.6 Å². The van der Waals surface area contributed by atoms with Crippen molar-refractivity contribution in [2.45, 2.75) is 19.3 Å². The number of aromatic nitrogens is 1. The van der Waals surface area contributed by atoms with Crippen LogP contribution in [0.15, 0.2) is 42.5 Å². The van der Waals surface area contributed by atoms with Gasteiger partial charge in [0.15, 0.2) is 5.13 Å². The van der Waals surface area contributed by atoms with Gasteiger partial charge in [0, 0.05) is 12.6 Å². The molecular weight excluding hydrogens is 422 g/mol. The fourth-order valence-electron chi connectivity index (χ4n) is 4.21. The molecule has 6 nitrogen and oxygen atoms in total. The number of fused-ring (bicyclic) bond motifs is 2. The minimum atomic E-state index is -0.995. The Kier molecular flexibility index (Phi) is 6.00. The Hall–Kier alpha value is -3.21. The maximum absolute atomic E-state index is 13.6. The van der Waals surface area contributed by atoms with E-state index in [4.69, 9.17) is 0 Å². The molecule has 1 amide bonds. The van der Waals surface area contributed by atoms with Crippen LogP contribution in [-0.4, -0.2) is 54.6 Å². The molecule has 1 N–H and O–H groups in total. The average Bonchev–Trinajstić information content (AvgIpc) is 3.33. The topological polar surface area (TPSA) is 73.7 Å². The molecule has 1 aliphatic rings. The highest BCUT2D eigenvalue weighted by Gasteiger charge is 2.47. The van der Waals surface area contributed by atoms with E-state index in [9.17, 15) is 14.7 Å². The van der Waals surface area contributed by atoms with Crippen LogP contribution in [0.2, 0.25) is 0 Å². The summed E-state index contributed by atoms with van der Waals surface area (Å²) in [6, 6.07) is 13.6. The number of carbonyl (C=O) groups is 2. The Balaban J connectivity index is 1.62. The Bertz CT molecular complexity index is 1230. The lowest BCUT2D eigenvalue weighted by atomic mass is 9.80. The summed E-state index contributed by atoms with van der Waals surface area (Å²) < 4.78 is 0.958. The van der Waals surface area contributed by atoms with Gasteiger partial charge in [-0.05, 0) is 56.3 Å². The van der Waals surface area contributed by atoms with Gasteiger partial charge in [0.25, 0.3) is 0 Å². The zero-order chi connectivity index (χ0) is 22.9. The third-order valence-corrected chi connectivity index (χ3v) is 6.83. The minimum Gasteiger partial charge on any atom is -0.481 e. The smallest absolute Gasteiger partial charge is 0.304 e. The van der Waals surface area contributed by atoms with Crippen molar-refractivity contribution in [1.82, 2.24) is 9.88 Å². The Morgan fingerprint density at radius 3 is 2.44 bits per heavy atom. The number of amides is 1. The number of hydrogen-bond donors (Lipinski definition) is 1. The van der Waals surface area contributed by atoms with E-state index in [-0.39, 0.29) is 12.3 Å². The first kappa shape index (κ1) is 22.0. The quantitative estimate of drug-likeness (QED) is 0.607. The molecule has 0 radical (unpaired) electrons. The van der Waals surface area contributed by atoms with Gasteiger partial charge >= 0.3 is 5.97 Å². The Labute approximate surface area is 191 Å². The summed E-state index contributed by atoms with van der Waals surface area (Å²) in [6.45, 7) is 0.672. The van der Waals surface area contributed by atoms with Crippen molar-refractivity contribution in [2.24, 2.45) is 5.41 Å². The van der Waals surface area contributed by atoms with Crippen molar-refractivity contribution in [3.05, 3.63) is 59.2 Å². The maximum atomic E-state index is 13.6. The molecule has 7 heteroatoms. The van der Waals surface area contributed by atoms with Crippen LogP contribution in [0.3, 0.4) is 0 Å². The van der Waals surface area contributed by atoms with Gasteiger partial charge in [0.1, 0.15) is 0 Å². The van der Waals surface area contributed by atoms with Gasteiger partial charge in [-0.25, -0.2) is 4.98 Å². The van der Waals surface area contributed by atoms with E-state index in [1.54, 1.807) is 7.05 Å². The molecule has 1 heterocycles.